The van der Waals surface area contributed by atoms with Crippen LogP contribution < -0.4 is 11.3 Å². The molecule has 0 amide bonds. The maximum atomic E-state index is 6.23. The van der Waals surface area contributed by atoms with E-state index in [9.17, 15) is 0 Å². The zero-order valence-corrected chi connectivity index (χ0v) is 12.2. The van der Waals surface area contributed by atoms with Gasteiger partial charge in [0.05, 0.1) is 6.04 Å². The van der Waals surface area contributed by atoms with Gasteiger partial charge in [-0.05, 0) is 17.7 Å². The Morgan fingerprint density at radius 3 is 2.89 bits per heavy atom. The number of hydrogen-bond donors (Lipinski definition) is 2. The van der Waals surface area contributed by atoms with Crippen molar-refractivity contribution < 1.29 is 0 Å². The third-order valence-electron chi connectivity index (χ3n) is 2.85. The number of nitrogens with zero attached hydrogens (tertiary/aromatic N) is 2. The van der Waals surface area contributed by atoms with E-state index >= 15 is 0 Å². The topological polar surface area (TPSA) is 55.9 Å². The van der Waals surface area contributed by atoms with Gasteiger partial charge in [-0.2, -0.15) is 0 Å². The molecule has 0 saturated heterocycles. The standard InChI is InChI=1S/C12H14BrClN4/c1-18-5-4-16-12(18)7-11(17-15)9-3-2-8(13)6-10(9)14/h2-6,11,17H,7,15H2,1H3. The van der Waals surface area contributed by atoms with Gasteiger partial charge in [0.1, 0.15) is 5.82 Å². The minimum absolute atomic E-state index is 0.0632. The van der Waals surface area contributed by atoms with Crippen molar-refractivity contribution in [1.82, 2.24) is 15.0 Å². The number of hydrazine groups is 1. The number of halogens is 2. The zero-order chi connectivity index (χ0) is 13.1. The zero-order valence-electron chi connectivity index (χ0n) is 9.90. The molecule has 96 valence electrons. The molecule has 1 aromatic carbocycles. The molecule has 0 fully saturated rings. The predicted octanol–water partition coefficient (Wildman–Crippen LogP) is 2.58. The van der Waals surface area contributed by atoms with E-state index in [0.29, 0.717) is 11.4 Å². The minimum Gasteiger partial charge on any atom is -0.338 e. The molecule has 0 bridgehead atoms. The van der Waals surface area contributed by atoms with Crippen LogP contribution in [0, 0.1) is 0 Å². The van der Waals surface area contributed by atoms with Gasteiger partial charge in [-0.15, -0.1) is 0 Å². The van der Waals surface area contributed by atoms with E-state index in [1.165, 1.54) is 0 Å². The van der Waals surface area contributed by atoms with Crippen LogP contribution >= 0.6 is 27.5 Å². The average molecular weight is 330 g/mol. The van der Waals surface area contributed by atoms with Crippen LogP contribution in [0.1, 0.15) is 17.4 Å². The highest BCUT2D eigenvalue weighted by molar-refractivity contribution is 9.10. The van der Waals surface area contributed by atoms with Gasteiger partial charge >= 0.3 is 0 Å². The largest absolute Gasteiger partial charge is 0.338 e. The van der Waals surface area contributed by atoms with E-state index in [0.717, 1.165) is 15.9 Å². The minimum atomic E-state index is -0.0632. The fourth-order valence-corrected chi connectivity index (χ4v) is 2.62. The maximum absolute atomic E-state index is 6.23. The van der Waals surface area contributed by atoms with Gasteiger partial charge in [0, 0.05) is 35.4 Å². The molecule has 1 atom stereocenters. The van der Waals surface area contributed by atoms with Gasteiger partial charge in [0.15, 0.2) is 0 Å². The number of hydrogen-bond acceptors (Lipinski definition) is 3. The van der Waals surface area contributed by atoms with Crippen LogP contribution in [0.5, 0.6) is 0 Å². The average Bonchev–Trinajstić information content (AvgIpc) is 2.73. The van der Waals surface area contributed by atoms with Crippen molar-refractivity contribution in [3.8, 4) is 0 Å². The van der Waals surface area contributed by atoms with Crippen molar-refractivity contribution in [3.63, 3.8) is 0 Å². The van der Waals surface area contributed by atoms with E-state index in [2.05, 4.69) is 26.3 Å². The Balaban J connectivity index is 2.26. The SMILES string of the molecule is Cn1ccnc1CC(NN)c1ccc(Br)cc1Cl. The second-order valence-electron chi connectivity index (χ2n) is 4.04. The first kappa shape index (κ1) is 13.5. The van der Waals surface area contributed by atoms with E-state index in [-0.39, 0.29) is 6.04 Å². The van der Waals surface area contributed by atoms with Crippen LogP contribution in [0.3, 0.4) is 0 Å². The Bertz CT molecular complexity index is 541. The molecule has 0 aliphatic heterocycles. The molecule has 2 aromatic rings. The highest BCUT2D eigenvalue weighted by Gasteiger charge is 2.16. The summed E-state index contributed by atoms with van der Waals surface area (Å²) in [4.78, 5) is 4.29. The second-order valence-corrected chi connectivity index (χ2v) is 5.37. The lowest BCUT2D eigenvalue weighted by molar-refractivity contribution is 0.530. The predicted molar refractivity (Wildman–Crippen MR) is 76.1 cm³/mol. The summed E-state index contributed by atoms with van der Waals surface area (Å²) in [5, 5.41) is 0.682. The van der Waals surface area contributed by atoms with Crippen LogP contribution in [-0.4, -0.2) is 9.55 Å². The van der Waals surface area contributed by atoms with Gasteiger partial charge in [-0.1, -0.05) is 33.6 Å². The van der Waals surface area contributed by atoms with E-state index in [1.54, 1.807) is 6.20 Å². The Morgan fingerprint density at radius 2 is 2.33 bits per heavy atom. The first-order valence-corrected chi connectivity index (χ1v) is 6.66. The molecule has 18 heavy (non-hydrogen) atoms. The third-order valence-corrected chi connectivity index (χ3v) is 3.67. The van der Waals surface area contributed by atoms with Gasteiger partial charge in [0.25, 0.3) is 0 Å². The van der Waals surface area contributed by atoms with Crippen molar-refractivity contribution >= 4 is 27.5 Å². The molecule has 1 unspecified atom stereocenters. The van der Waals surface area contributed by atoms with Crippen molar-refractivity contribution in [2.45, 2.75) is 12.5 Å². The Kier molecular flexibility index (Phi) is 4.40. The first-order chi connectivity index (χ1) is 8.61. The highest BCUT2D eigenvalue weighted by atomic mass is 79.9. The maximum Gasteiger partial charge on any atom is 0.110 e. The summed E-state index contributed by atoms with van der Waals surface area (Å²) >= 11 is 9.62. The van der Waals surface area contributed by atoms with Crippen molar-refractivity contribution in [2.75, 3.05) is 0 Å². The molecule has 1 aromatic heterocycles. The number of imidazole rings is 1. The normalized spacial score (nSPS) is 12.7. The van der Waals surface area contributed by atoms with Gasteiger partial charge in [-0.3, -0.25) is 11.3 Å². The third kappa shape index (κ3) is 2.92. The van der Waals surface area contributed by atoms with Crippen molar-refractivity contribution in [2.24, 2.45) is 12.9 Å². The number of benzene rings is 1. The lowest BCUT2D eigenvalue weighted by Crippen LogP contribution is -2.30. The van der Waals surface area contributed by atoms with Crippen molar-refractivity contribution in [1.29, 1.82) is 0 Å². The van der Waals surface area contributed by atoms with Crippen LogP contribution in [0.15, 0.2) is 35.1 Å². The molecular weight excluding hydrogens is 316 g/mol. The fraction of sp³-hybridized carbons (Fsp3) is 0.250. The molecule has 3 N–H and O–H groups in total. The van der Waals surface area contributed by atoms with Crippen molar-refractivity contribution in [3.05, 3.63) is 51.5 Å². The molecule has 1 heterocycles. The highest BCUT2D eigenvalue weighted by Crippen LogP contribution is 2.27. The summed E-state index contributed by atoms with van der Waals surface area (Å²) in [6.45, 7) is 0. The molecule has 0 aliphatic rings. The fourth-order valence-electron chi connectivity index (χ4n) is 1.82. The Hall–Kier alpha value is -0.880. The number of aromatic nitrogens is 2. The Labute approximate surface area is 119 Å². The number of rotatable bonds is 4. The summed E-state index contributed by atoms with van der Waals surface area (Å²) < 4.78 is 2.92. The quantitative estimate of drug-likeness (QED) is 0.669. The lowest BCUT2D eigenvalue weighted by Gasteiger charge is -2.17. The van der Waals surface area contributed by atoms with Crippen LogP contribution in [0.25, 0.3) is 0 Å². The van der Waals surface area contributed by atoms with E-state index in [4.69, 9.17) is 17.4 Å². The molecular formula is C12H14BrClN4. The van der Waals surface area contributed by atoms with Crippen LogP contribution in [0.2, 0.25) is 5.02 Å². The smallest absolute Gasteiger partial charge is 0.110 e. The molecule has 4 nitrogen and oxygen atoms in total. The number of nitrogens with two attached hydrogens (primary N) is 1. The molecule has 0 radical (unpaired) electrons. The summed E-state index contributed by atoms with van der Waals surface area (Å²) in [6, 6.07) is 5.70. The summed E-state index contributed by atoms with van der Waals surface area (Å²) in [5.41, 5.74) is 3.75. The van der Waals surface area contributed by atoms with E-state index in [1.807, 2.05) is 36.0 Å². The number of aryl methyl sites for hydroxylation is 1. The van der Waals surface area contributed by atoms with Gasteiger partial charge in [-0.25, -0.2) is 4.98 Å². The summed E-state index contributed by atoms with van der Waals surface area (Å²) in [6.07, 6.45) is 4.36. The molecule has 0 aliphatic carbocycles. The molecule has 0 saturated carbocycles. The molecule has 0 spiro atoms. The second kappa shape index (κ2) is 5.84. The Morgan fingerprint density at radius 1 is 1.56 bits per heavy atom. The lowest BCUT2D eigenvalue weighted by atomic mass is 10.0. The van der Waals surface area contributed by atoms with Gasteiger partial charge < -0.3 is 4.57 Å². The summed E-state index contributed by atoms with van der Waals surface area (Å²) in [7, 11) is 1.96. The van der Waals surface area contributed by atoms with E-state index < -0.39 is 0 Å². The van der Waals surface area contributed by atoms with Crippen LogP contribution in [0.4, 0.5) is 0 Å². The van der Waals surface area contributed by atoms with Crippen LogP contribution in [-0.2, 0) is 13.5 Å². The molecule has 2 rings (SSSR count). The van der Waals surface area contributed by atoms with Gasteiger partial charge in [0.2, 0.25) is 0 Å². The summed E-state index contributed by atoms with van der Waals surface area (Å²) in [5.74, 6) is 6.58. The number of nitrogens with one attached hydrogen (secondary N) is 1. The monoisotopic (exact) mass is 328 g/mol. The first-order valence-electron chi connectivity index (χ1n) is 5.49. The molecule has 6 heteroatoms.